The Bertz CT molecular complexity index is 1160. The summed E-state index contributed by atoms with van der Waals surface area (Å²) in [6.45, 7) is 8.67. The van der Waals surface area contributed by atoms with Crippen molar-refractivity contribution in [3.63, 3.8) is 0 Å². The number of pyridine rings is 1. The van der Waals surface area contributed by atoms with Gasteiger partial charge in [-0.3, -0.25) is 9.78 Å². The summed E-state index contributed by atoms with van der Waals surface area (Å²) < 4.78 is 0. The van der Waals surface area contributed by atoms with Crippen LogP contribution in [0.1, 0.15) is 46.4 Å². The van der Waals surface area contributed by atoms with Crippen LogP contribution in [-0.4, -0.2) is 50.0 Å². The first-order chi connectivity index (χ1) is 15.6. The Morgan fingerprint density at radius 3 is 2.61 bits per heavy atom. The Hall–Kier alpha value is -2.77. The predicted octanol–water partition coefficient (Wildman–Crippen LogP) is 4.63. The van der Waals surface area contributed by atoms with E-state index in [2.05, 4.69) is 27.2 Å². The van der Waals surface area contributed by atoms with Crippen molar-refractivity contribution in [2.24, 2.45) is 5.92 Å². The number of nitrogens with one attached hydrogen (secondary N) is 1. The number of carbonyl (C=O) groups excluding carboxylic acids is 1. The van der Waals surface area contributed by atoms with Gasteiger partial charge in [-0.15, -0.1) is 0 Å². The van der Waals surface area contributed by atoms with Gasteiger partial charge in [-0.25, -0.2) is 9.97 Å². The molecule has 2 atom stereocenters. The quantitative estimate of drug-likeness (QED) is 0.568. The number of amides is 1. The molecule has 1 aromatic carbocycles. The minimum Gasteiger partial charge on any atom is -0.382 e. The Morgan fingerprint density at radius 1 is 1.21 bits per heavy atom. The highest BCUT2D eigenvalue weighted by molar-refractivity contribution is 6.34. The number of fused-ring (bicyclic) bond motifs is 1. The fourth-order valence-electron chi connectivity index (χ4n) is 4.34. The van der Waals surface area contributed by atoms with Crippen LogP contribution < -0.4 is 5.32 Å². The second kappa shape index (κ2) is 9.23. The third-order valence-electron chi connectivity index (χ3n) is 6.34. The van der Waals surface area contributed by atoms with Crippen LogP contribution in [0.25, 0.3) is 22.0 Å². The Morgan fingerprint density at radius 2 is 1.94 bits per heavy atom. The van der Waals surface area contributed by atoms with Crippen LogP contribution in [0.4, 0.5) is 5.69 Å². The van der Waals surface area contributed by atoms with Crippen molar-refractivity contribution >= 4 is 34.1 Å². The first kappa shape index (κ1) is 23.4. The fourth-order valence-corrected chi connectivity index (χ4v) is 4.54. The lowest BCUT2D eigenvalue weighted by Gasteiger charge is -2.36. The molecule has 1 aliphatic heterocycles. The molecule has 0 radical (unpaired) electrons. The average molecular weight is 468 g/mol. The summed E-state index contributed by atoms with van der Waals surface area (Å²) in [6.07, 6.45) is 7.17. The van der Waals surface area contributed by atoms with Gasteiger partial charge in [0.05, 0.1) is 16.2 Å². The van der Waals surface area contributed by atoms with Gasteiger partial charge >= 0.3 is 0 Å². The molecule has 8 heteroatoms. The maximum Gasteiger partial charge on any atom is 0.219 e. The molecule has 0 aliphatic carbocycles. The normalized spacial score (nSPS) is 17.8. The van der Waals surface area contributed by atoms with Crippen LogP contribution in [0.2, 0.25) is 5.02 Å². The standard InChI is InChI=1S/C25H30ClN5O2/c1-15(18-6-5-9-31(14-18)16(2)32)30-23-20-10-17(7-8-22(20)27-13-21(23)26)19-11-28-24(29-12-19)25(3,4)33/h7-8,10-13,15,18,33H,5-6,9,14H2,1-4H3,(H,27,30)/t15-,18?/m0/s1. The van der Waals surface area contributed by atoms with Gasteiger partial charge in [-0.05, 0) is 57.2 Å². The number of aromatic nitrogens is 3. The molecule has 1 aliphatic rings. The van der Waals surface area contributed by atoms with Crippen molar-refractivity contribution in [3.05, 3.63) is 47.6 Å². The van der Waals surface area contributed by atoms with Crippen LogP contribution in [0.15, 0.2) is 36.8 Å². The van der Waals surface area contributed by atoms with Gasteiger partial charge in [0, 0.05) is 55.6 Å². The molecule has 7 nitrogen and oxygen atoms in total. The smallest absolute Gasteiger partial charge is 0.219 e. The van der Waals surface area contributed by atoms with E-state index in [0.717, 1.165) is 53.6 Å². The minimum atomic E-state index is -1.09. The molecule has 2 aromatic heterocycles. The Balaban J connectivity index is 1.64. The van der Waals surface area contributed by atoms with Crippen LogP contribution in [0, 0.1) is 5.92 Å². The second-order valence-corrected chi connectivity index (χ2v) is 9.77. The molecule has 1 fully saturated rings. The van der Waals surface area contributed by atoms with E-state index >= 15 is 0 Å². The molecule has 0 bridgehead atoms. The van der Waals surface area contributed by atoms with Crippen LogP contribution in [0.3, 0.4) is 0 Å². The predicted molar refractivity (Wildman–Crippen MR) is 131 cm³/mol. The largest absolute Gasteiger partial charge is 0.382 e. The summed E-state index contributed by atoms with van der Waals surface area (Å²) in [5.41, 5.74) is 2.35. The van der Waals surface area contributed by atoms with E-state index in [9.17, 15) is 9.90 Å². The van der Waals surface area contributed by atoms with E-state index in [4.69, 9.17) is 11.6 Å². The van der Waals surface area contributed by atoms with E-state index in [1.165, 1.54) is 0 Å². The first-order valence-corrected chi connectivity index (χ1v) is 11.7. The summed E-state index contributed by atoms with van der Waals surface area (Å²) in [4.78, 5) is 26.9. The molecule has 1 saturated heterocycles. The van der Waals surface area contributed by atoms with Crippen molar-refractivity contribution in [1.29, 1.82) is 0 Å². The topological polar surface area (TPSA) is 91.2 Å². The van der Waals surface area contributed by atoms with Crippen LogP contribution >= 0.6 is 11.6 Å². The molecule has 1 amide bonds. The lowest BCUT2D eigenvalue weighted by molar-refractivity contribution is -0.130. The lowest BCUT2D eigenvalue weighted by Crippen LogP contribution is -2.43. The average Bonchev–Trinajstić information content (AvgIpc) is 2.80. The van der Waals surface area contributed by atoms with E-state index in [0.29, 0.717) is 16.8 Å². The lowest BCUT2D eigenvalue weighted by atomic mass is 9.91. The molecule has 33 heavy (non-hydrogen) atoms. The zero-order valence-corrected chi connectivity index (χ0v) is 20.2. The van der Waals surface area contributed by atoms with Crippen molar-refractivity contribution < 1.29 is 9.90 Å². The highest BCUT2D eigenvalue weighted by Gasteiger charge is 2.27. The van der Waals surface area contributed by atoms with Crippen molar-refractivity contribution in [2.75, 3.05) is 18.4 Å². The van der Waals surface area contributed by atoms with Crippen molar-refractivity contribution in [3.8, 4) is 11.1 Å². The minimum absolute atomic E-state index is 0.127. The maximum absolute atomic E-state index is 11.9. The van der Waals surface area contributed by atoms with E-state index in [1.54, 1.807) is 39.4 Å². The Kier molecular flexibility index (Phi) is 6.54. The highest BCUT2D eigenvalue weighted by atomic mass is 35.5. The summed E-state index contributed by atoms with van der Waals surface area (Å²) in [5, 5.41) is 15.2. The van der Waals surface area contributed by atoms with Crippen LogP contribution in [0.5, 0.6) is 0 Å². The molecular formula is C25H30ClN5O2. The summed E-state index contributed by atoms with van der Waals surface area (Å²) in [7, 11) is 0. The van der Waals surface area contributed by atoms with E-state index in [-0.39, 0.29) is 11.9 Å². The number of anilines is 1. The zero-order valence-electron chi connectivity index (χ0n) is 19.5. The van der Waals surface area contributed by atoms with Gasteiger partial charge in [0.25, 0.3) is 0 Å². The number of aliphatic hydroxyl groups is 1. The van der Waals surface area contributed by atoms with Gasteiger partial charge in [-0.1, -0.05) is 17.7 Å². The number of nitrogens with zero attached hydrogens (tertiary/aromatic N) is 4. The van der Waals surface area contributed by atoms with Crippen molar-refractivity contribution in [2.45, 2.75) is 52.2 Å². The number of piperidine rings is 1. The number of carbonyl (C=O) groups is 1. The van der Waals surface area contributed by atoms with Crippen molar-refractivity contribution in [1.82, 2.24) is 19.9 Å². The van der Waals surface area contributed by atoms with Crippen LogP contribution in [-0.2, 0) is 10.4 Å². The van der Waals surface area contributed by atoms with E-state index < -0.39 is 5.60 Å². The fraction of sp³-hybridized carbons (Fsp3) is 0.440. The van der Waals surface area contributed by atoms with Gasteiger partial charge in [0.1, 0.15) is 5.60 Å². The summed E-state index contributed by atoms with van der Waals surface area (Å²) in [5.74, 6) is 0.842. The molecule has 3 heterocycles. The van der Waals surface area contributed by atoms with Gasteiger partial charge < -0.3 is 15.3 Å². The number of benzene rings is 1. The Labute approximate surface area is 199 Å². The molecule has 1 unspecified atom stereocenters. The molecule has 174 valence electrons. The molecule has 4 rings (SSSR count). The van der Waals surface area contributed by atoms with E-state index in [1.807, 2.05) is 23.1 Å². The SMILES string of the molecule is CC(=O)N1CCCC([C@H](C)Nc2c(Cl)cnc3ccc(-c4cnc(C(C)(C)O)nc4)cc23)C1. The third kappa shape index (κ3) is 5.09. The molecular weight excluding hydrogens is 438 g/mol. The summed E-state index contributed by atoms with van der Waals surface area (Å²) >= 11 is 6.59. The number of rotatable bonds is 5. The second-order valence-electron chi connectivity index (χ2n) is 9.37. The maximum atomic E-state index is 11.9. The molecule has 0 spiro atoms. The van der Waals surface area contributed by atoms with Gasteiger partial charge in [-0.2, -0.15) is 0 Å². The summed E-state index contributed by atoms with van der Waals surface area (Å²) in [6, 6.07) is 6.10. The monoisotopic (exact) mass is 467 g/mol. The molecule has 0 saturated carbocycles. The number of hydrogen-bond donors (Lipinski definition) is 2. The van der Waals surface area contributed by atoms with Gasteiger partial charge in [0.15, 0.2) is 5.82 Å². The highest BCUT2D eigenvalue weighted by Crippen LogP contribution is 2.34. The molecule has 2 N–H and O–H groups in total. The van der Waals surface area contributed by atoms with Gasteiger partial charge in [0.2, 0.25) is 5.91 Å². The number of hydrogen-bond acceptors (Lipinski definition) is 6. The number of likely N-dealkylation sites (tertiary alicyclic amines) is 1. The first-order valence-electron chi connectivity index (χ1n) is 11.3. The zero-order chi connectivity index (χ0) is 23.8. The third-order valence-corrected chi connectivity index (χ3v) is 6.62. The number of halogens is 1. The molecule has 3 aromatic rings.